The van der Waals surface area contributed by atoms with Crippen LogP contribution in [0.5, 0.6) is 0 Å². The fourth-order valence-electron chi connectivity index (χ4n) is 0.528. The third-order valence-corrected chi connectivity index (χ3v) is 1.70. The van der Waals surface area contributed by atoms with Crippen LogP contribution >= 0.6 is 0 Å². The maximum atomic E-state index is 10.5. The first-order valence-corrected chi connectivity index (χ1v) is 3.70. The van der Waals surface area contributed by atoms with E-state index in [2.05, 4.69) is 4.18 Å². The van der Waals surface area contributed by atoms with Gasteiger partial charge in [0.15, 0.2) is 0 Å². The van der Waals surface area contributed by atoms with Crippen molar-refractivity contribution >= 4 is 11.4 Å². The van der Waals surface area contributed by atoms with Crippen molar-refractivity contribution in [2.24, 2.45) is 0 Å². The van der Waals surface area contributed by atoms with Gasteiger partial charge in [-0.3, -0.25) is 4.18 Å². The van der Waals surface area contributed by atoms with E-state index in [4.69, 9.17) is 4.18 Å². The number of rotatable bonds is 0. The predicted octanol–water partition coefficient (Wildman–Crippen LogP) is 0.904. The first kappa shape index (κ1) is 6.77. The van der Waals surface area contributed by atoms with E-state index >= 15 is 0 Å². The molecule has 9 heavy (non-hydrogen) atoms. The van der Waals surface area contributed by atoms with Crippen LogP contribution in [-0.2, 0) is 19.7 Å². The third kappa shape index (κ3) is 2.15. The van der Waals surface area contributed by atoms with Gasteiger partial charge in [0, 0.05) is 0 Å². The second kappa shape index (κ2) is 2.98. The summed E-state index contributed by atoms with van der Waals surface area (Å²) < 4.78 is 19.9. The van der Waals surface area contributed by atoms with Crippen molar-refractivity contribution in [2.45, 2.75) is 19.4 Å². The molecule has 0 amide bonds. The molecule has 0 fully saturated rings. The molecular weight excluding hydrogens is 140 g/mol. The minimum absolute atomic E-state index is 0.00965. The third-order valence-electron chi connectivity index (χ3n) is 0.941. The molecule has 1 aliphatic heterocycles. The van der Waals surface area contributed by atoms with E-state index in [0.29, 0.717) is 0 Å². The summed E-state index contributed by atoms with van der Waals surface area (Å²) in [7, 11) is 0. The lowest BCUT2D eigenvalue weighted by atomic mass is 10.3. The highest BCUT2D eigenvalue weighted by Crippen LogP contribution is 2.06. The highest BCUT2D eigenvalue weighted by atomic mass is 32.2. The van der Waals surface area contributed by atoms with Gasteiger partial charge in [-0.1, -0.05) is 0 Å². The fraction of sp³-hybridized carbons (Fsp3) is 0.600. The molecule has 0 aromatic heterocycles. The van der Waals surface area contributed by atoms with Crippen LogP contribution in [0.15, 0.2) is 12.3 Å². The highest BCUT2D eigenvalue weighted by Gasteiger charge is 2.09. The smallest absolute Gasteiger partial charge is 0.359 e. The first-order valence-electron chi connectivity index (χ1n) is 2.70. The predicted molar refractivity (Wildman–Crippen MR) is 33.5 cm³/mol. The molecule has 2 unspecified atom stereocenters. The van der Waals surface area contributed by atoms with Gasteiger partial charge in [0.1, 0.15) is 6.26 Å². The number of hydrogen-bond donors (Lipinski definition) is 0. The second-order valence-electron chi connectivity index (χ2n) is 1.81. The molecule has 0 aliphatic carbocycles. The van der Waals surface area contributed by atoms with E-state index < -0.39 is 11.4 Å². The zero-order chi connectivity index (χ0) is 6.69. The summed E-state index contributed by atoms with van der Waals surface area (Å²) in [6.07, 6.45) is 3.94. The van der Waals surface area contributed by atoms with Gasteiger partial charge in [-0.2, -0.15) is 4.21 Å². The second-order valence-corrected chi connectivity index (χ2v) is 2.61. The molecule has 0 spiro atoms. The first-order chi connectivity index (χ1) is 4.29. The summed E-state index contributed by atoms with van der Waals surface area (Å²) in [5.74, 6) is 0. The van der Waals surface area contributed by atoms with Crippen LogP contribution in [-0.4, -0.2) is 10.3 Å². The van der Waals surface area contributed by atoms with E-state index in [1.54, 1.807) is 6.08 Å². The van der Waals surface area contributed by atoms with E-state index in [9.17, 15) is 4.21 Å². The lowest BCUT2D eigenvalue weighted by Gasteiger charge is -2.02. The zero-order valence-electron chi connectivity index (χ0n) is 5.07. The van der Waals surface area contributed by atoms with Gasteiger partial charge in [-0.25, -0.2) is 0 Å². The Morgan fingerprint density at radius 3 is 3.33 bits per heavy atom. The lowest BCUT2D eigenvalue weighted by molar-refractivity contribution is 0.230. The van der Waals surface area contributed by atoms with Crippen molar-refractivity contribution < 1.29 is 12.6 Å². The number of hydrogen-bond acceptors (Lipinski definition) is 3. The van der Waals surface area contributed by atoms with Crippen molar-refractivity contribution in [1.29, 1.82) is 0 Å². The Morgan fingerprint density at radius 2 is 2.56 bits per heavy atom. The minimum Gasteiger partial charge on any atom is -0.388 e. The Balaban J connectivity index is 2.50. The molecule has 0 aromatic rings. The van der Waals surface area contributed by atoms with Gasteiger partial charge >= 0.3 is 11.4 Å². The summed E-state index contributed by atoms with van der Waals surface area (Å²) in [5.41, 5.74) is 0. The molecule has 52 valence electrons. The highest BCUT2D eigenvalue weighted by molar-refractivity contribution is 7.75. The van der Waals surface area contributed by atoms with Crippen molar-refractivity contribution in [3.05, 3.63) is 12.3 Å². The van der Waals surface area contributed by atoms with Crippen molar-refractivity contribution in [3.8, 4) is 0 Å². The van der Waals surface area contributed by atoms with Crippen LogP contribution in [0.2, 0.25) is 0 Å². The average molecular weight is 148 g/mol. The maximum absolute atomic E-state index is 10.5. The molecule has 1 heterocycles. The van der Waals surface area contributed by atoms with Gasteiger partial charge in [0.2, 0.25) is 0 Å². The molecule has 0 aromatic carbocycles. The summed E-state index contributed by atoms with van der Waals surface area (Å²) in [4.78, 5) is 0. The lowest BCUT2D eigenvalue weighted by Crippen LogP contribution is -2.07. The van der Waals surface area contributed by atoms with Gasteiger partial charge in [-0.15, -0.1) is 0 Å². The average Bonchev–Trinajstić information content (AvgIpc) is 1.93. The van der Waals surface area contributed by atoms with Crippen molar-refractivity contribution in [1.82, 2.24) is 0 Å². The SMILES string of the molecule is CC1CC=COS(=O)O1. The topological polar surface area (TPSA) is 35.5 Å². The quantitative estimate of drug-likeness (QED) is 0.512. The van der Waals surface area contributed by atoms with Crippen LogP contribution < -0.4 is 0 Å². The van der Waals surface area contributed by atoms with Gasteiger partial charge in [0.05, 0.1) is 6.10 Å². The summed E-state index contributed by atoms with van der Waals surface area (Å²) >= 11 is -1.57. The molecule has 0 N–H and O–H groups in total. The standard InChI is InChI=1S/C5H8O3S/c1-5-3-2-4-7-9(6)8-5/h2,4-5H,3H2,1H3. The molecular formula is C5H8O3S. The van der Waals surface area contributed by atoms with E-state index in [-0.39, 0.29) is 6.10 Å². The molecule has 1 rings (SSSR count). The van der Waals surface area contributed by atoms with Crippen LogP contribution in [0.4, 0.5) is 0 Å². The fourth-order valence-corrected chi connectivity index (χ4v) is 1.09. The minimum atomic E-state index is -1.57. The molecule has 4 heteroatoms. The van der Waals surface area contributed by atoms with Crippen LogP contribution in [0.1, 0.15) is 13.3 Å². The Labute approximate surface area is 56.5 Å². The normalized spacial score (nSPS) is 35.2. The molecule has 2 atom stereocenters. The Hall–Kier alpha value is -0.350. The molecule has 0 radical (unpaired) electrons. The summed E-state index contributed by atoms with van der Waals surface area (Å²) in [6, 6.07) is 0. The largest absolute Gasteiger partial charge is 0.388 e. The van der Waals surface area contributed by atoms with Gasteiger partial charge < -0.3 is 4.18 Å². The van der Waals surface area contributed by atoms with E-state index in [1.165, 1.54) is 6.26 Å². The zero-order valence-corrected chi connectivity index (χ0v) is 5.89. The van der Waals surface area contributed by atoms with Gasteiger partial charge in [-0.05, 0) is 19.4 Å². The van der Waals surface area contributed by atoms with Crippen molar-refractivity contribution in [3.63, 3.8) is 0 Å². The van der Waals surface area contributed by atoms with Crippen LogP contribution in [0, 0.1) is 0 Å². The molecule has 3 nitrogen and oxygen atoms in total. The summed E-state index contributed by atoms with van der Waals surface area (Å²) in [6.45, 7) is 1.84. The van der Waals surface area contributed by atoms with E-state index in [1.807, 2.05) is 6.92 Å². The molecule has 0 bridgehead atoms. The monoisotopic (exact) mass is 148 g/mol. The molecule has 0 saturated heterocycles. The van der Waals surface area contributed by atoms with Crippen LogP contribution in [0.25, 0.3) is 0 Å². The Kier molecular flexibility index (Phi) is 2.24. The van der Waals surface area contributed by atoms with Gasteiger partial charge in [0.25, 0.3) is 0 Å². The maximum Gasteiger partial charge on any atom is 0.359 e. The Bertz CT molecular complexity index is 143. The molecule has 0 saturated carbocycles. The van der Waals surface area contributed by atoms with Crippen LogP contribution in [0.3, 0.4) is 0 Å². The summed E-state index contributed by atoms with van der Waals surface area (Å²) in [5, 5.41) is 0. The molecule has 1 aliphatic rings. The van der Waals surface area contributed by atoms with E-state index in [0.717, 1.165) is 6.42 Å². The van der Waals surface area contributed by atoms with Crippen molar-refractivity contribution in [2.75, 3.05) is 0 Å². The Morgan fingerprint density at radius 1 is 1.78 bits per heavy atom.